The van der Waals surface area contributed by atoms with Crippen molar-refractivity contribution in [1.82, 2.24) is 9.69 Å². The van der Waals surface area contributed by atoms with Crippen molar-refractivity contribution in [3.05, 3.63) is 11.3 Å². The topological polar surface area (TPSA) is 74.2 Å². The maximum absolute atomic E-state index is 11.9. The first-order chi connectivity index (χ1) is 8.10. The molecular formula is C11H19N3O2S. The van der Waals surface area contributed by atoms with Gasteiger partial charge >= 0.3 is 0 Å². The Hall–Kier alpha value is -1.14. The van der Waals surface area contributed by atoms with Gasteiger partial charge in [-0.3, -0.25) is 4.79 Å². The summed E-state index contributed by atoms with van der Waals surface area (Å²) in [5.74, 6) is -0.135. The molecule has 0 fully saturated rings. The summed E-state index contributed by atoms with van der Waals surface area (Å²) >= 11 is 1.28. The first-order valence-corrected chi connectivity index (χ1v) is 6.47. The molecule has 0 radical (unpaired) electrons. The maximum Gasteiger partial charge on any atom is 0.256 e. The molecular weight excluding hydrogens is 238 g/mol. The monoisotopic (exact) mass is 257 g/mol. The maximum atomic E-state index is 11.9. The number of amides is 1. The van der Waals surface area contributed by atoms with Crippen LogP contribution < -0.4 is 10.6 Å². The van der Waals surface area contributed by atoms with Crippen molar-refractivity contribution in [2.75, 3.05) is 18.9 Å². The first-order valence-electron chi connectivity index (χ1n) is 5.70. The zero-order valence-corrected chi connectivity index (χ0v) is 11.2. The van der Waals surface area contributed by atoms with Crippen LogP contribution in [0.4, 0.5) is 5.00 Å². The number of nitrogens with zero attached hydrogens (tertiary/aromatic N) is 1. The molecule has 1 atom stereocenters. The van der Waals surface area contributed by atoms with Crippen molar-refractivity contribution >= 4 is 22.4 Å². The van der Waals surface area contributed by atoms with Crippen LogP contribution in [0.15, 0.2) is 0 Å². The van der Waals surface area contributed by atoms with Crippen molar-refractivity contribution in [2.45, 2.75) is 32.8 Å². The average Bonchev–Trinajstić information content (AvgIpc) is 2.69. The predicted molar refractivity (Wildman–Crippen MR) is 69.6 cm³/mol. The van der Waals surface area contributed by atoms with Crippen LogP contribution in [0.1, 0.15) is 35.8 Å². The fraction of sp³-hybridized carbons (Fsp3) is 0.636. The van der Waals surface area contributed by atoms with Crippen LogP contribution in [0.3, 0.4) is 0 Å². The number of hydrogen-bond donors (Lipinski definition) is 3. The first kappa shape index (κ1) is 13.9. The molecule has 96 valence electrons. The van der Waals surface area contributed by atoms with Gasteiger partial charge in [0.25, 0.3) is 5.91 Å². The number of carbonyl (C=O) groups is 1. The molecule has 0 aliphatic rings. The Kier molecular flexibility index (Phi) is 5.37. The third kappa shape index (κ3) is 3.67. The van der Waals surface area contributed by atoms with Gasteiger partial charge < -0.3 is 15.7 Å². The molecule has 0 aliphatic heterocycles. The van der Waals surface area contributed by atoms with E-state index in [-0.39, 0.29) is 12.0 Å². The number of anilines is 1. The molecule has 6 heteroatoms. The minimum atomic E-state index is -0.347. The second-order valence-electron chi connectivity index (χ2n) is 3.83. The van der Waals surface area contributed by atoms with E-state index in [0.29, 0.717) is 24.9 Å². The molecule has 3 N–H and O–H groups in total. The zero-order chi connectivity index (χ0) is 12.8. The lowest BCUT2D eigenvalue weighted by Gasteiger charge is -2.09. The number of rotatable bonds is 6. The van der Waals surface area contributed by atoms with E-state index in [1.807, 2.05) is 13.8 Å². The summed E-state index contributed by atoms with van der Waals surface area (Å²) in [6.07, 6.45) is 0.936. The number of aromatic nitrogens is 1. The summed E-state index contributed by atoms with van der Waals surface area (Å²) < 4.78 is 4.14. The Morgan fingerprint density at radius 3 is 2.88 bits per heavy atom. The van der Waals surface area contributed by atoms with E-state index in [0.717, 1.165) is 10.7 Å². The molecule has 0 aliphatic carbocycles. The lowest BCUT2D eigenvalue weighted by atomic mass is 10.2. The summed E-state index contributed by atoms with van der Waals surface area (Å²) in [5, 5.41) is 15.9. The van der Waals surface area contributed by atoms with Gasteiger partial charge in [-0.2, -0.15) is 4.37 Å². The van der Waals surface area contributed by atoms with Gasteiger partial charge in [-0.25, -0.2) is 0 Å². The number of aliphatic hydroxyl groups is 1. The standard InChI is InChI=1S/C11H19N3O2S/c1-4-8(15)5-6-13-10(16)9-7(2)14-17-11(9)12-3/h8,12,15H,4-6H2,1-3H3,(H,13,16). The Morgan fingerprint density at radius 1 is 1.59 bits per heavy atom. The molecule has 1 heterocycles. The average molecular weight is 257 g/mol. The molecule has 17 heavy (non-hydrogen) atoms. The van der Waals surface area contributed by atoms with E-state index in [4.69, 9.17) is 0 Å². The van der Waals surface area contributed by atoms with Gasteiger partial charge in [-0.1, -0.05) is 6.92 Å². The Balaban J connectivity index is 2.55. The van der Waals surface area contributed by atoms with E-state index < -0.39 is 0 Å². The zero-order valence-electron chi connectivity index (χ0n) is 10.4. The highest BCUT2D eigenvalue weighted by atomic mass is 32.1. The van der Waals surface area contributed by atoms with E-state index in [2.05, 4.69) is 15.0 Å². The molecule has 1 unspecified atom stereocenters. The largest absolute Gasteiger partial charge is 0.393 e. The van der Waals surface area contributed by atoms with E-state index in [1.165, 1.54) is 11.5 Å². The highest BCUT2D eigenvalue weighted by Gasteiger charge is 2.17. The summed E-state index contributed by atoms with van der Waals surface area (Å²) in [6.45, 7) is 4.21. The third-order valence-electron chi connectivity index (χ3n) is 2.55. The molecule has 1 aromatic heterocycles. The van der Waals surface area contributed by atoms with Crippen LogP contribution in [0, 0.1) is 6.92 Å². The molecule has 0 aromatic carbocycles. The molecule has 0 saturated carbocycles. The van der Waals surface area contributed by atoms with E-state index in [1.54, 1.807) is 7.05 Å². The number of nitrogens with one attached hydrogen (secondary N) is 2. The van der Waals surface area contributed by atoms with Crippen molar-refractivity contribution in [3.8, 4) is 0 Å². The molecule has 0 saturated heterocycles. The highest BCUT2D eigenvalue weighted by molar-refractivity contribution is 7.10. The van der Waals surface area contributed by atoms with Gasteiger partial charge in [-0.05, 0) is 31.3 Å². The molecule has 0 spiro atoms. The molecule has 1 rings (SSSR count). The second-order valence-corrected chi connectivity index (χ2v) is 4.60. The van der Waals surface area contributed by atoms with Gasteiger partial charge in [0, 0.05) is 13.6 Å². The van der Waals surface area contributed by atoms with E-state index >= 15 is 0 Å². The summed E-state index contributed by atoms with van der Waals surface area (Å²) in [6, 6.07) is 0. The second kappa shape index (κ2) is 6.56. The lowest BCUT2D eigenvalue weighted by molar-refractivity contribution is 0.0942. The van der Waals surface area contributed by atoms with E-state index in [9.17, 15) is 9.90 Å². The van der Waals surface area contributed by atoms with Crippen LogP contribution in [0.25, 0.3) is 0 Å². The summed E-state index contributed by atoms with van der Waals surface area (Å²) in [4.78, 5) is 11.9. The Labute approximate surface area is 105 Å². The molecule has 1 aromatic rings. The minimum absolute atomic E-state index is 0.135. The Bertz CT molecular complexity index is 379. The predicted octanol–water partition coefficient (Wildman–Crippen LogP) is 1.38. The van der Waals surface area contributed by atoms with Crippen molar-refractivity contribution in [3.63, 3.8) is 0 Å². The van der Waals surface area contributed by atoms with Gasteiger partial charge in [0.15, 0.2) is 0 Å². The van der Waals surface area contributed by atoms with Crippen molar-refractivity contribution in [1.29, 1.82) is 0 Å². The third-order valence-corrected chi connectivity index (χ3v) is 3.51. The SMILES string of the molecule is CCC(O)CCNC(=O)c1c(C)nsc1NC. The van der Waals surface area contributed by atoms with Crippen molar-refractivity contribution < 1.29 is 9.90 Å². The van der Waals surface area contributed by atoms with Crippen molar-refractivity contribution in [2.24, 2.45) is 0 Å². The van der Waals surface area contributed by atoms with Gasteiger partial charge in [0.2, 0.25) is 0 Å². The van der Waals surface area contributed by atoms with Gasteiger partial charge in [-0.15, -0.1) is 0 Å². The minimum Gasteiger partial charge on any atom is -0.393 e. The van der Waals surface area contributed by atoms with Gasteiger partial charge in [0.1, 0.15) is 5.00 Å². The summed E-state index contributed by atoms with van der Waals surface area (Å²) in [5.41, 5.74) is 1.33. The lowest BCUT2D eigenvalue weighted by Crippen LogP contribution is -2.27. The van der Waals surface area contributed by atoms with Crippen LogP contribution in [-0.2, 0) is 0 Å². The molecule has 5 nitrogen and oxygen atoms in total. The number of carbonyl (C=O) groups excluding carboxylic acids is 1. The normalized spacial score (nSPS) is 12.2. The fourth-order valence-corrected chi connectivity index (χ4v) is 2.20. The smallest absolute Gasteiger partial charge is 0.256 e. The number of aryl methyl sites for hydroxylation is 1. The van der Waals surface area contributed by atoms with Crippen LogP contribution >= 0.6 is 11.5 Å². The quantitative estimate of drug-likeness (QED) is 0.720. The summed E-state index contributed by atoms with van der Waals surface area (Å²) in [7, 11) is 1.77. The van der Waals surface area contributed by atoms with Gasteiger partial charge in [0.05, 0.1) is 17.4 Å². The van der Waals surface area contributed by atoms with Crippen LogP contribution in [-0.4, -0.2) is 35.1 Å². The molecule has 1 amide bonds. The van der Waals surface area contributed by atoms with Crippen LogP contribution in [0.2, 0.25) is 0 Å². The Morgan fingerprint density at radius 2 is 2.29 bits per heavy atom. The fourth-order valence-electron chi connectivity index (χ4n) is 1.45. The number of aliphatic hydroxyl groups excluding tert-OH is 1. The molecule has 0 bridgehead atoms. The highest BCUT2D eigenvalue weighted by Crippen LogP contribution is 2.23. The van der Waals surface area contributed by atoms with Crippen LogP contribution in [0.5, 0.6) is 0 Å². The number of hydrogen-bond acceptors (Lipinski definition) is 5.